The molecular formula is C26H27Cl2N3O7. The fraction of sp³-hybridized carbons (Fsp3) is 0.385. The number of piperidine rings is 1. The first-order valence-electron chi connectivity index (χ1n) is 12.0. The molecule has 0 spiro atoms. The number of aliphatic hydroxyl groups is 1. The van der Waals surface area contributed by atoms with E-state index in [0.29, 0.717) is 31.6 Å². The van der Waals surface area contributed by atoms with E-state index in [-0.39, 0.29) is 45.3 Å². The average Bonchev–Trinajstić information content (AvgIpc) is 3.19. The molecule has 2 amide bonds. The van der Waals surface area contributed by atoms with E-state index in [2.05, 4.69) is 4.98 Å². The Kier molecular flexibility index (Phi) is 8.32. The molecule has 0 aliphatic carbocycles. The molecule has 3 heterocycles. The number of Topliss-reactive ketones (excluding diaryl/α,β-unsaturated/α-hetero) is 1. The minimum Gasteiger partial charge on any atom is -0.507 e. The molecule has 1 N–H and O–H groups in total. The molecule has 2 aliphatic heterocycles. The van der Waals surface area contributed by atoms with E-state index in [1.807, 2.05) is 0 Å². The predicted octanol–water partition coefficient (Wildman–Crippen LogP) is 4.45. The number of hydrogen-bond acceptors (Lipinski definition) is 8. The highest BCUT2D eigenvalue weighted by Crippen LogP contribution is 2.47. The summed E-state index contributed by atoms with van der Waals surface area (Å²) in [6.45, 7) is 2.68. The third kappa shape index (κ3) is 4.86. The van der Waals surface area contributed by atoms with Crippen LogP contribution in [0.4, 0.5) is 4.79 Å². The van der Waals surface area contributed by atoms with Crippen LogP contribution in [0.2, 0.25) is 10.0 Å². The maximum Gasteiger partial charge on any atom is 0.409 e. The van der Waals surface area contributed by atoms with Gasteiger partial charge in [-0.2, -0.15) is 0 Å². The third-order valence-corrected chi connectivity index (χ3v) is 7.25. The number of pyridine rings is 1. The monoisotopic (exact) mass is 563 g/mol. The number of hydrogen-bond donors (Lipinski definition) is 1. The van der Waals surface area contributed by atoms with Crippen LogP contribution in [0.1, 0.15) is 37.1 Å². The number of benzene rings is 1. The first kappa shape index (κ1) is 27.5. The van der Waals surface area contributed by atoms with Crippen molar-refractivity contribution >= 4 is 46.7 Å². The van der Waals surface area contributed by atoms with Gasteiger partial charge >= 0.3 is 6.09 Å². The highest BCUT2D eigenvalue weighted by molar-refractivity contribution is 6.47. The van der Waals surface area contributed by atoms with Gasteiger partial charge < -0.3 is 29.1 Å². The van der Waals surface area contributed by atoms with Crippen molar-refractivity contribution in [3.63, 3.8) is 0 Å². The lowest BCUT2D eigenvalue weighted by Gasteiger charge is -2.38. The molecule has 202 valence electrons. The van der Waals surface area contributed by atoms with Gasteiger partial charge in [-0.25, -0.2) is 4.79 Å². The summed E-state index contributed by atoms with van der Waals surface area (Å²) in [4.78, 5) is 46.5. The number of carbonyl (C=O) groups is 3. The zero-order valence-electron chi connectivity index (χ0n) is 21.1. The second kappa shape index (κ2) is 11.5. The van der Waals surface area contributed by atoms with E-state index in [4.69, 9.17) is 37.4 Å². The standard InChI is InChI=1S/C26H27Cl2N3O7/c1-4-38-26(35)30-11-8-14(9-12-30)31-20(17-7-5-6-10-29-17)18(22(33)25(31)34)21(32)15-13-16(27)24(37-3)19(28)23(15)36-2/h5-7,10,13-14,20,32H,4,8-9,11-12H2,1-3H3/b21-18+. The number of halogens is 2. The first-order valence-corrected chi connectivity index (χ1v) is 12.7. The summed E-state index contributed by atoms with van der Waals surface area (Å²) < 4.78 is 15.7. The fourth-order valence-electron chi connectivity index (χ4n) is 4.89. The number of ketones is 1. The van der Waals surface area contributed by atoms with Gasteiger partial charge in [-0.05, 0) is 38.0 Å². The van der Waals surface area contributed by atoms with Crippen molar-refractivity contribution in [2.75, 3.05) is 33.9 Å². The lowest BCUT2D eigenvalue weighted by Crippen LogP contribution is -2.48. The largest absolute Gasteiger partial charge is 0.507 e. The molecule has 1 atom stereocenters. The summed E-state index contributed by atoms with van der Waals surface area (Å²) >= 11 is 12.7. The third-order valence-electron chi connectivity index (χ3n) is 6.63. The number of rotatable bonds is 6. The molecule has 12 heteroatoms. The van der Waals surface area contributed by atoms with E-state index in [1.165, 1.54) is 25.2 Å². The number of aromatic nitrogens is 1. The Morgan fingerprint density at radius 1 is 1.13 bits per heavy atom. The summed E-state index contributed by atoms with van der Waals surface area (Å²) in [5.41, 5.74) is 0.252. The molecular weight excluding hydrogens is 537 g/mol. The van der Waals surface area contributed by atoms with Crippen LogP contribution in [0.25, 0.3) is 5.76 Å². The summed E-state index contributed by atoms with van der Waals surface area (Å²) in [6, 6.07) is 5.10. The average molecular weight is 564 g/mol. The first-order chi connectivity index (χ1) is 18.2. The van der Waals surface area contributed by atoms with Gasteiger partial charge in [0.2, 0.25) is 0 Å². The topological polar surface area (TPSA) is 119 Å². The van der Waals surface area contributed by atoms with Crippen molar-refractivity contribution in [1.82, 2.24) is 14.8 Å². The molecule has 0 radical (unpaired) electrons. The quantitative estimate of drug-likeness (QED) is 0.311. The zero-order valence-corrected chi connectivity index (χ0v) is 22.6. The van der Waals surface area contributed by atoms with Gasteiger partial charge in [-0.3, -0.25) is 14.6 Å². The molecule has 2 fully saturated rings. The Morgan fingerprint density at radius 3 is 2.39 bits per heavy atom. The lowest BCUT2D eigenvalue weighted by molar-refractivity contribution is -0.142. The van der Waals surface area contributed by atoms with Crippen LogP contribution in [0.15, 0.2) is 36.0 Å². The molecule has 1 aromatic heterocycles. The second-order valence-electron chi connectivity index (χ2n) is 8.66. The van der Waals surface area contributed by atoms with E-state index >= 15 is 0 Å². The Labute approximate surface area is 229 Å². The van der Waals surface area contributed by atoms with Crippen LogP contribution in [0, 0.1) is 0 Å². The molecule has 1 unspecified atom stereocenters. The molecule has 1 aromatic carbocycles. The zero-order chi connectivity index (χ0) is 27.6. The van der Waals surface area contributed by atoms with E-state index in [0.717, 1.165) is 0 Å². The van der Waals surface area contributed by atoms with Crippen molar-refractivity contribution in [3.8, 4) is 11.5 Å². The molecule has 2 saturated heterocycles. The van der Waals surface area contributed by atoms with Gasteiger partial charge in [0.25, 0.3) is 11.7 Å². The van der Waals surface area contributed by atoms with Crippen LogP contribution < -0.4 is 9.47 Å². The summed E-state index contributed by atoms with van der Waals surface area (Å²) in [7, 11) is 2.73. The van der Waals surface area contributed by atoms with Gasteiger partial charge in [-0.15, -0.1) is 0 Å². The normalized spacial score (nSPS) is 19.6. The Bertz CT molecular complexity index is 1280. The van der Waals surface area contributed by atoms with Crippen LogP contribution in [0.3, 0.4) is 0 Å². The van der Waals surface area contributed by atoms with E-state index in [9.17, 15) is 19.5 Å². The summed E-state index contributed by atoms with van der Waals surface area (Å²) in [6.07, 6.45) is 1.95. The Morgan fingerprint density at radius 2 is 1.82 bits per heavy atom. The van der Waals surface area contributed by atoms with Crippen LogP contribution >= 0.6 is 23.2 Å². The summed E-state index contributed by atoms with van der Waals surface area (Å²) in [5.74, 6) is -2.00. The number of ether oxygens (including phenoxy) is 3. The lowest BCUT2D eigenvalue weighted by atomic mass is 9.96. The van der Waals surface area contributed by atoms with Gasteiger partial charge in [0.1, 0.15) is 16.8 Å². The van der Waals surface area contributed by atoms with Crippen molar-refractivity contribution in [1.29, 1.82) is 0 Å². The summed E-state index contributed by atoms with van der Waals surface area (Å²) in [5, 5.41) is 11.6. The van der Waals surface area contributed by atoms with Crippen LogP contribution in [-0.4, -0.2) is 77.6 Å². The van der Waals surface area contributed by atoms with Gasteiger partial charge in [0.15, 0.2) is 11.5 Å². The van der Waals surface area contributed by atoms with E-state index in [1.54, 1.807) is 36.2 Å². The molecule has 2 aliphatic rings. The Hall–Kier alpha value is -3.50. The molecule has 2 aromatic rings. The molecule has 10 nitrogen and oxygen atoms in total. The maximum absolute atomic E-state index is 13.5. The number of methoxy groups -OCH3 is 2. The molecule has 0 bridgehead atoms. The molecule has 38 heavy (non-hydrogen) atoms. The molecule has 0 saturated carbocycles. The second-order valence-corrected chi connectivity index (χ2v) is 9.45. The SMILES string of the molecule is CCOC(=O)N1CCC(N2C(=O)C(=O)/C(=C(/O)c3cc(Cl)c(OC)c(Cl)c3OC)C2c2ccccn2)CC1. The van der Waals surface area contributed by atoms with Crippen molar-refractivity contribution in [2.45, 2.75) is 31.8 Å². The van der Waals surface area contributed by atoms with Gasteiger partial charge in [0, 0.05) is 25.3 Å². The van der Waals surface area contributed by atoms with E-state index < -0.39 is 29.6 Å². The van der Waals surface area contributed by atoms with Gasteiger partial charge in [0.05, 0.1) is 42.7 Å². The van der Waals surface area contributed by atoms with Crippen LogP contribution in [-0.2, 0) is 14.3 Å². The van der Waals surface area contributed by atoms with Crippen molar-refractivity contribution in [2.24, 2.45) is 0 Å². The minimum absolute atomic E-state index is 0.000924. The maximum atomic E-state index is 13.5. The highest BCUT2D eigenvalue weighted by Gasteiger charge is 2.50. The van der Waals surface area contributed by atoms with Crippen molar-refractivity contribution in [3.05, 3.63) is 57.3 Å². The van der Waals surface area contributed by atoms with Gasteiger partial charge in [-0.1, -0.05) is 29.3 Å². The minimum atomic E-state index is -0.986. The smallest absolute Gasteiger partial charge is 0.409 e. The predicted molar refractivity (Wildman–Crippen MR) is 140 cm³/mol. The number of amides is 2. The van der Waals surface area contributed by atoms with Crippen molar-refractivity contribution < 1.29 is 33.7 Å². The number of nitrogens with zero attached hydrogens (tertiary/aromatic N) is 3. The van der Waals surface area contributed by atoms with Crippen LogP contribution in [0.5, 0.6) is 11.5 Å². The number of likely N-dealkylation sites (tertiary alicyclic amines) is 2. The molecule has 4 rings (SSSR count). The fourth-order valence-corrected chi connectivity index (χ4v) is 5.57. The Balaban J connectivity index is 1.81. The number of aliphatic hydroxyl groups excluding tert-OH is 1. The number of carbonyl (C=O) groups excluding carboxylic acids is 3. The highest BCUT2D eigenvalue weighted by atomic mass is 35.5.